The second-order valence-electron chi connectivity index (χ2n) is 20.0. The number of nitrogens with zero attached hydrogens (tertiary/aromatic N) is 6. The minimum Gasteiger partial charge on any atom is -0.464 e. The molecule has 4 saturated heterocycles. The molecule has 0 saturated carbocycles. The summed E-state index contributed by atoms with van der Waals surface area (Å²) >= 11 is 0. The molecule has 2 aromatic heterocycles. The maximum atomic E-state index is 14.2. The van der Waals surface area contributed by atoms with Crippen molar-refractivity contribution in [2.24, 2.45) is 5.41 Å². The van der Waals surface area contributed by atoms with Gasteiger partial charge in [0.1, 0.15) is 17.7 Å². The van der Waals surface area contributed by atoms with E-state index < -0.39 is 35.2 Å². The summed E-state index contributed by atoms with van der Waals surface area (Å²) in [5, 5.41) is 5.44. The van der Waals surface area contributed by atoms with Gasteiger partial charge in [0, 0.05) is 93.0 Å². The number of hydrazine groups is 1. The average molecular weight is 871 g/mol. The number of morpholine rings is 1. The smallest absolute Gasteiger partial charge is 0.408 e. The van der Waals surface area contributed by atoms with Crippen molar-refractivity contribution >= 4 is 40.2 Å². The molecule has 63 heavy (non-hydrogen) atoms. The van der Waals surface area contributed by atoms with Crippen molar-refractivity contribution in [1.29, 1.82) is 0 Å². The van der Waals surface area contributed by atoms with E-state index in [-0.39, 0.29) is 31.1 Å². The highest BCUT2D eigenvalue weighted by Gasteiger charge is 2.38. The van der Waals surface area contributed by atoms with Crippen molar-refractivity contribution in [1.82, 2.24) is 30.2 Å². The lowest BCUT2D eigenvalue weighted by atomic mass is 9.84. The van der Waals surface area contributed by atoms with Crippen LogP contribution in [0.15, 0.2) is 30.5 Å². The molecule has 5 atom stereocenters. The molecule has 344 valence electrons. The molecular weight excluding hydrogens is 801 g/mol. The van der Waals surface area contributed by atoms with Crippen LogP contribution in [0.5, 0.6) is 0 Å². The third-order valence-electron chi connectivity index (χ3n) is 13.6. The summed E-state index contributed by atoms with van der Waals surface area (Å²) in [4.78, 5) is 54.1. The Morgan fingerprint density at radius 1 is 1.02 bits per heavy atom. The van der Waals surface area contributed by atoms with Crippen LogP contribution in [0, 0.1) is 5.41 Å². The molecule has 15 nitrogen and oxygen atoms in total. The largest absolute Gasteiger partial charge is 0.464 e. The van der Waals surface area contributed by atoms with Crippen LogP contribution in [0.1, 0.15) is 104 Å². The second-order valence-corrected chi connectivity index (χ2v) is 20.0. The van der Waals surface area contributed by atoms with Crippen molar-refractivity contribution in [3.05, 3.63) is 41.7 Å². The Bertz CT molecular complexity index is 2150. The first kappa shape index (κ1) is 45.1. The number of methoxy groups -OCH3 is 1. The molecular formula is C48H70N8O7. The molecule has 2 N–H and O–H groups in total. The number of fused-ring (bicyclic) bond motifs is 7. The number of aryl methyl sites for hydroxylation is 1. The average Bonchev–Trinajstić information content (AvgIpc) is 3.57. The number of esters is 1. The molecule has 5 aliphatic rings. The first-order chi connectivity index (χ1) is 30.1. The van der Waals surface area contributed by atoms with E-state index in [0.29, 0.717) is 51.5 Å². The normalized spacial score (nSPS) is 25.6. The minimum atomic E-state index is -0.959. The maximum Gasteiger partial charge on any atom is 0.408 e. The fourth-order valence-corrected chi connectivity index (χ4v) is 10.3. The van der Waals surface area contributed by atoms with Gasteiger partial charge in [-0.3, -0.25) is 24.5 Å². The number of rotatable bonds is 6. The van der Waals surface area contributed by atoms with E-state index in [2.05, 4.69) is 82.0 Å². The summed E-state index contributed by atoms with van der Waals surface area (Å²) in [6, 6.07) is 7.94. The molecule has 0 spiro atoms. The van der Waals surface area contributed by atoms with Gasteiger partial charge in [0.2, 0.25) is 0 Å². The number of ether oxygens (including phenoxy) is 4. The lowest BCUT2D eigenvalue weighted by Crippen LogP contribution is -2.61. The molecule has 0 radical (unpaired) electrons. The van der Waals surface area contributed by atoms with E-state index in [1.54, 1.807) is 27.9 Å². The van der Waals surface area contributed by atoms with Crippen LogP contribution >= 0.6 is 0 Å². The monoisotopic (exact) mass is 871 g/mol. The number of hydrogen-bond acceptors (Lipinski definition) is 12. The zero-order valence-electron chi connectivity index (χ0n) is 38.8. The fourth-order valence-electron chi connectivity index (χ4n) is 10.3. The van der Waals surface area contributed by atoms with Gasteiger partial charge < -0.3 is 38.6 Å². The van der Waals surface area contributed by atoms with E-state index in [4.69, 9.17) is 23.9 Å². The lowest BCUT2D eigenvalue weighted by molar-refractivity contribution is -0.155. The van der Waals surface area contributed by atoms with Gasteiger partial charge in [0.05, 0.1) is 48.7 Å². The van der Waals surface area contributed by atoms with Gasteiger partial charge in [-0.2, -0.15) is 0 Å². The van der Waals surface area contributed by atoms with Crippen molar-refractivity contribution in [2.45, 2.75) is 136 Å². The van der Waals surface area contributed by atoms with Crippen LogP contribution in [0.4, 0.5) is 16.2 Å². The summed E-state index contributed by atoms with van der Waals surface area (Å²) in [6.45, 7) is 21.1. The SMILES string of the molecule is CCn1c(-c2cc(N3CCN4CCCC[C@@H]4C3)cnc2[C@H](C)OC)c2c3cc(ccc31)N1CCO[C@@H](C[C@H](NC(=O)OC(C)(C)C)C(=O)N3CCC[C@H](N3)C(=O)OCC(C)(C)C2)C1. The van der Waals surface area contributed by atoms with Crippen LogP contribution in [-0.4, -0.2) is 133 Å². The number of hydrogen-bond donors (Lipinski definition) is 2. The van der Waals surface area contributed by atoms with Crippen LogP contribution < -0.4 is 20.5 Å². The Morgan fingerprint density at radius 3 is 2.60 bits per heavy atom. The number of cyclic esters (lactones) is 1. The summed E-state index contributed by atoms with van der Waals surface area (Å²) in [5.74, 6) is -0.758. The molecule has 7 heterocycles. The highest BCUT2D eigenvalue weighted by molar-refractivity contribution is 5.95. The Labute approximate surface area is 373 Å². The van der Waals surface area contributed by atoms with Crippen LogP contribution in [0.3, 0.4) is 0 Å². The number of alkyl carbamates (subject to hydrolysis) is 1. The van der Waals surface area contributed by atoms with Gasteiger partial charge >= 0.3 is 12.1 Å². The minimum absolute atomic E-state index is 0.176. The molecule has 5 aliphatic heterocycles. The van der Waals surface area contributed by atoms with E-state index in [1.807, 2.05) is 6.20 Å². The van der Waals surface area contributed by atoms with Crippen molar-refractivity contribution < 1.29 is 33.3 Å². The van der Waals surface area contributed by atoms with Gasteiger partial charge in [-0.05, 0) is 103 Å². The molecule has 4 fully saturated rings. The first-order valence-corrected chi connectivity index (χ1v) is 23.4. The van der Waals surface area contributed by atoms with E-state index in [9.17, 15) is 14.4 Å². The highest BCUT2D eigenvalue weighted by Crippen LogP contribution is 2.43. The zero-order chi connectivity index (χ0) is 44.6. The Balaban J connectivity index is 1.22. The summed E-state index contributed by atoms with van der Waals surface area (Å²) < 4.78 is 26.6. The molecule has 6 bridgehead atoms. The quantitative estimate of drug-likeness (QED) is 0.272. The number of anilines is 2. The number of benzene rings is 1. The third kappa shape index (κ3) is 9.96. The number of pyridine rings is 1. The predicted octanol–water partition coefficient (Wildman–Crippen LogP) is 6.21. The van der Waals surface area contributed by atoms with Gasteiger partial charge in [0.15, 0.2) is 0 Å². The van der Waals surface area contributed by atoms with E-state index >= 15 is 0 Å². The molecule has 0 aliphatic carbocycles. The molecule has 8 rings (SSSR count). The standard InChI is InChI=1S/C48H70N8O7/c1-9-55-41-16-15-32-23-36(41)38(43(55)37-24-34(27-49-42(37)31(2)60-8)53-20-19-52-17-11-10-13-33(52)28-53)26-48(6,7)30-62-45(58)39-14-12-18-56(51-39)44(57)40(50-46(59)63-47(3,4)5)25-35-29-54(32)21-22-61-35/h15-16,23-24,27,31,33,35,39-40,51H,9-14,17-22,25-26,28-30H2,1-8H3,(H,50,59)/t31-,33+,35-,39-,40-/m0/s1. The van der Waals surface area contributed by atoms with Gasteiger partial charge in [0.25, 0.3) is 5.91 Å². The van der Waals surface area contributed by atoms with Crippen LogP contribution in [0.25, 0.3) is 22.2 Å². The van der Waals surface area contributed by atoms with Gasteiger partial charge in [-0.15, -0.1) is 0 Å². The zero-order valence-corrected chi connectivity index (χ0v) is 38.8. The third-order valence-corrected chi connectivity index (χ3v) is 13.6. The predicted molar refractivity (Wildman–Crippen MR) is 244 cm³/mol. The Morgan fingerprint density at radius 2 is 1.83 bits per heavy atom. The molecule has 2 amide bonds. The number of aromatic nitrogens is 2. The number of piperidine rings is 1. The number of amides is 2. The van der Waals surface area contributed by atoms with E-state index in [0.717, 1.165) is 65.4 Å². The van der Waals surface area contributed by atoms with Crippen molar-refractivity contribution in [3.63, 3.8) is 0 Å². The number of carbonyl (C=O) groups is 3. The molecule has 1 aromatic carbocycles. The lowest BCUT2D eigenvalue weighted by Gasteiger charge is -2.45. The molecule has 0 unspecified atom stereocenters. The van der Waals surface area contributed by atoms with Gasteiger partial charge in [-0.1, -0.05) is 20.3 Å². The topological polar surface area (TPSA) is 143 Å². The van der Waals surface area contributed by atoms with Crippen LogP contribution in [-0.2, 0) is 41.5 Å². The number of carbonyl (C=O) groups excluding carboxylic acids is 3. The number of piperazine rings is 1. The second kappa shape index (κ2) is 18.6. The summed E-state index contributed by atoms with van der Waals surface area (Å²) in [7, 11) is 1.74. The highest BCUT2D eigenvalue weighted by atomic mass is 16.6. The van der Waals surface area contributed by atoms with Crippen molar-refractivity contribution in [2.75, 3.05) is 75.9 Å². The Hall–Kier alpha value is -4.44. The van der Waals surface area contributed by atoms with Gasteiger partial charge in [-0.25, -0.2) is 10.2 Å². The molecule has 3 aromatic rings. The summed E-state index contributed by atoms with van der Waals surface area (Å²) in [5.41, 5.74) is 9.46. The van der Waals surface area contributed by atoms with Crippen LogP contribution in [0.2, 0.25) is 0 Å². The van der Waals surface area contributed by atoms with E-state index in [1.165, 1.54) is 36.4 Å². The Kier molecular flexibility index (Phi) is 13.3. The maximum absolute atomic E-state index is 14.2. The summed E-state index contributed by atoms with van der Waals surface area (Å²) in [6.07, 6.45) is 6.48. The first-order valence-electron chi connectivity index (χ1n) is 23.4. The fraction of sp³-hybridized carbons (Fsp3) is 0.667. The van der Waals surface area contributed by atoms with Crippen molar-refractivity contribution in [3.8, 4) is 11.3 Å². The molecule has 15 heteroatoms. The number of nitrogens with one attached hydrogen (secondary N) is 2.